The van der Waals surface area contributed by atoms with Crippen molar-refractivity contribution in [2.75, 3.05) is 7.05 Å². The van der Waals surface area contributed by atoms with Crippen LogP contribution in [0.25, 0.3) is 0 Å². The van der Waals surface area contributed by atoms with Crippen molar-refractivity contribution < 1.29 is 22.4 Å². The Morgan fingerprint density at radius 3 is 2.21 bits per heavy atom. The lowest BCUT2D eigenvalue weighted by Crippen LogP contribution is -2.38. The molecule has 4 nitrogen and oxygen atoms in total. The summed E-state index contributed by atoms with van der Waals surface area (Å²) in [5.41, 5.74) is 1.50. The number of aromatic nitrogens is 1. The number of amides is 1. The van der Waals surface area contributed by atoms with E-state index in [0.29, 0.717) is 18.4 Å². The van der Waals surface area contributed by atoms with Crippen LogP contribution in [0.4, 0.5) is 17.6 Å². The molecule has 0 spiro atoms. The van der Waals surface area contributed by atoms with Gasteiger partial charge in [0.15, 0.2) is 0 Å². The molecule has 9 heteroatoms. The Bertz CT molecular complexity index is 1080. The number of rotatable bonds is 8. The maximum Gasteiger partial charge on any atom is 0.416 e. The normalized spacial score (nSPS) is 13.5. The molecule has 0 fully saturated rings. The average molecular weight is 480 g/mol. The predicted octanol–water partition coefficient (Wildman–Crippen LogP) is 5.67. The zero-order chi connectivity index (χ0) is 24.2. The highest BCUT2D eigenvalue weighted by molar-refractivity contribution is 7.11. The number of halogens is 4. The van der Waals surface area contributed by atoms with E-state index in [9.17, 15) is 22.4 Å². The number of carbonyl (C=O) groups excluding carboxylic acids is 1. The molecule has 0 aliphatic carbocycles. The van der Waals surface area contributed by atoms with Crippen molar-refractivity contribution in [1.29, 1.82) is 0 Å². The van der Waals surface area contributed by atoms with Crippen LogP contribution in [0.2, 0.25) is 0 Å². The van der Waals surface area contributed by atoms with Crippen molar-refractivity contribution in [2.24, 2.45) is 0 Å². The SMILES string of the molecule is CNC(=O)C(N[C@@H](CCc1ccc(C(F)(F)F)cc1)c1sc(C)nc1C)c1ccc(F)cc1. The van der Waals surface area contributed by atoms with Gasteiger partial charge in [0, 0.05) is 18.0 Å². The van der Waals surface area contributed by atoms with E-state index >= 15 is 0 Å². The summed E-state index contributed by atoms with van der Waals surface area (Å²) in [6.45, 7) is 3.78. The predicted molar refractivity (Wildman–Crippen MR) is 120 cm³/mol. The Hall–Kier alpha value is -2.78. The van der Waals surface area contributed by atoms with Crippen molar-refractivity contribution in [3.8, 4) is 0 Å². The van der Waals surface area contributed by atoms with Crippen LogP contribution in [0.3, 0.4) is 0 Å². The van der Waals surface area contributed by atoms with E-state index in [-0.39, 0.29) is 11.9 Å². The molecule has 1 heterocycles. The van der Waals surface area contributed by atoms with Gasteiger partial charge < -0.3 is 5.32 Å². The van der Waals surface area contributed by atoms with E-state index in [1.54, 1.807) is 12.1 Å². The van der Waals surface area contributed by atoms with Crippen molar-refractivity contribution in [3.05, 3.63) is 86.6 Å². The number of benzene rings is 2. The number of hydrogen-bond acceptors (Lipinski definition) is 4. The monoisotopic (exact) mass is 479 g/mol. The van der Waals surface area contributed by atoms with Crippen LogP contribution in [0.15, 0.2) is 48.5 Å². The number of aryl methyl sites for hydroxylation is 3. The molecule has 0 saturated carbocycles. The van der Waals surface area contributed by atoms with Crippen LogP contribution in [0, 0.1) is 19.7 Å². The third-order valence-corrected chi connectivity index (χ3v) is 6.53. The molecule has 3 rings (SSSR count). The Kier molecular flexibility index (Phi) is 7.86. The number of thiazole rings is 1. The Balaban J connectivity index is 1.86. The molecule has 33 heavy (non-hydrogen) atoms. The van der Waals surface area contributed by atoms with E-state index in [4.69, 9.17) is 0 Å². The zero-order valence-electron chi connectivity index (χ0n) is 18.5. The average Bonchev–Trinajstić information content (AvgIpc) is 3.11. The first kappa shape index (κ1) is 24.9. The lowest BCUT2D eigenvalue weighted by Gasteiger charge is -2.25. The highest BCUT2D eigenvalue weighted by Crippen LogP contribution is 2.32. The third kappa shape index (κ3) is 6.39. The standard InChI is InChI=1S/C24H25F4N3OS/c1-14-22(33-15(2)30-14)20(13-6-16-4-9-18(10-5-16)24(26,27)28)31-21(23(32)29-3)17-7-11-19(25)12-8-17/h4-5,7-12,20-21,31H,6,13H2,1-3H3,(H,29,32)/t20-,21?/m0/s1. The maximum absolute atomic E-state index is 13.4. The largest absolute Gasteiger partial charge is 0.416 e. The number of likely N-dealkylation sites (N-methyl/N-ethyl adjacent to an activating group) is 1. The van der Waals surface area contributed by atoms with Crippen LogP contribution >= 0.6 is 11.3 Å². The first-order valence-corrected chi connectivity index (χ1v) is 11.2. The van der Waals surface area contributed by atoms with Gasteiger partial charge in [-0.05, 0) is 62.1 Å². The van der Waals surface area contributed by atoms with Gasteiger partial charge in [0.05, 0.1) is 16.3 Å². The van der Waals surface area contributed by atoms with Crippen LogP contribution < -0.4 is 10.6 Å². The highest BCUT2D eigenvalue weighted by Gasteiger charge is 2.30. The van der Waals surface area contributed by atoms with E-state index < -0.39 is 23.6 Å². The van der Waals surface area contributed by atoms with Gasteiger partial charge in [-0.2, -0.15) is 13.2 Å². The van der Waals surface area contributed by atoms with E-state index in [2.05, 4.69) is 15.6 Å². The van der Waals surface area contributed by atoms with Gasteiger partial charge in [-0.3, -0.25) is 10.1 Å². The summed E-state index contributed by atoms with van der Waals surface area (Å²) in [6.07, 6.45) is -3.35. The smallest absolute Gasteiger partial charge is 0.358 e. The molecule has 2 aromatic carbocycles. The molecule has 0 saturated heterocycles. The first-order valence-electron chi connectivity index (χ1n) is 10.4. The first-order chi connectivity index (χ1) is 15.6. The summed E-state index contributed by atoms with van der Waals surface area (Å²) in [6, 6.07) is 9.78. The minimum atomic E-state index is -4.38. The summed E-state index contributed by atoms with van der Waals surface area (Å²) >= 11 is 1.51. The number of nitrogens with zero attached hydrogens (tertiary/aromatic N) is 1. The van der Waals surface area contributed by atoms with E-state index in [1.165, 1.54) is 42.6 Å². The molecule has 1 amide bonds. The second-order valence-corrected chi connectivity index (χ2v) is 8.97. The Morgan fingerprint density at radius 2 is 1.70 bits per heavy atom. The molecule has 2 N–H and O–H groups in total. The van der Waals surface area contributed by atoms with E-state index in [1.807, 2.05) is 13.8 Å². The fourth-order valence-electron chi connectivity index (χ4n) is 3.66. The molecule has 0 aliphatic rings. The van der Waals surface area contributed by atoms with Crippen LogP contribution in [-0.2, 0) is 17.4 Å². The van der Waals surface area contributed by atoms with Gasteiger partial charge in [0.2, 0.25) is 5.91 Å². The molecule has 1 aromatic heterocycles. The minimum absolute atomic E-state index is 0.278. The summed E-state index contributed by atoms with van der Waals surface area (Å²) in [7, 11) is 1.53. The summed E-state index contributed by atoms with van der Waals surface area (Å²) in [5.74, 6) is -0.679. The van der Waals surface area contributed by atoms with Crippen LogP contribution in [0.5, 0.6) is 0 Å². The van der Waals surface area contributed by atoms with Gasteiger partial charge in [0.1, 0.15) is 11.9 Å². The summed E-state index contributed by atoms with van der Waals surface area (Å²) in [4.78, 5) is 18.1. The van der Waals surface area contributed by atoms with Crippen molar-refractivity contribution >= 4 is 17.2 Å². The fraction of sp³-hybridized carbons (Fsp3) is 0.333. The zero-order valence-corrected chi connectivity index (χ0v) is 19.3. The quantitative estimate of drug-likeness (QED) is 0.410. The van der Waals surface area contributed by atoms with Gasteiger partial charge in [-0.1, -0.05) is 24.3 Å². The topological polar surface area (TPSA) is 54.0 Å². The van der Waals surface area contributed by atoms with Gasteiger partial charge in [-0.15, -0.1) is 11.3 Å². The lowest BCUT2D eigenvalue weighted by atomic mass is 9.99. The van der Waals surface area contributed by atoms with Crippen molar-refractivity contribution in [1.82, 2.24) is 15.6 Å². The number of hydrogen-bond donors (Lipinski definition) is 2. The minimum Gasteiger partial charge on any atom is -0.358 e. The fourth-order valence-corrected chi connectivity index (χ4v) is 4.68. The molecular formula is C24H25F4N3OS. The molecule has 3 aromatic rings. The third-order valence-electron chi connectivity index (χ3n) is 5.34. The van der Waals surface area contributed by atoms with Crippen molar-refractivity contribution in [3.63, 3.8) is 0 Å². The van der Waals surface area contributed by atoms with Crippen molar-refractivity contribution in [2.45, 2.75) is 44.9 Å². The molecule has 2 atom stereocenters. The second-order valence-electron chi connectivity index (χ2n) is 7.73. The van der Waals surface area contributed by atoms with Gasteiger partial charge in [-0.25, -0.2) is 9.37 Å². The van der Waals surface area contributed by atoms with Crippen LogP contribution in [0.1, 0.15) is 50.8 Å². The summed E-state index contributed by atoms with van der Waals surface area (Å²) in [5, 5.41) is 6.88. The second kappa shape index (κ2) is 10.4. The van der Waals surface area contributed by atoms with Crippen LogP contribution in [-0.4, -0.2) is 17.9 Å². The van der Waals surface area contributed by atoms with E-state index in [0.717, 1.165) is 33.3 Å². The molecule has 0 bridgehead atoms. The maximum atomic E-state index is 13.4. The molecular weight excluding hydrogens is 454 g/mol. The molecule has 1 unspecified atom stereocenters. The number of carbonyl (C=O) groups is 1. The lowest BCUT2D eigenvalue weighted by molar-refractivity contribution is -0.137. The Labute approximate surface area is 194 Å². The van der Waals surface area contributed by atoms with Gasteiger partial charge >= 0.3 is 6.18 Å². The molecule has 0 radical (unpaired) electrons. The summed E-state index contributed by atoms with van der Waals surface area (Å²) < 4.78 is 52.0. The highest BCUT2D eigenvalue weighted by atomic mass is 32.1. The molecule has 176 valence electrons. The molecule has 0 aliphatic heterocycles. The number of nitrogens with one attached hydrogen (secondary N) is 2. The van der Waals surface area contributed by atoms with Gasteiger partial charge in [0.25, 0.3) is 0 Å². The Morgan fingerprint density at radius 1 is 1.06 bits per heavy atom. The number of alkyl halides is 3.